The molecular formula is C18H13ClN4O2. The number of hydrogen-bond acceptors (Lipinski definition) is 4. The van der Waals surface area contributed by atoms with Gasteiger partial charge in [-0.05, 0) is 30.3 Å². The fourth-order valence-electron chi connectivity index (χ4n) is 2.84. The van der Waals surface area contributed by atoms with Gasteiger partial charge < -0.3 is 14.8 Å². The van der Waals surface area contributed by atoms with E-state index in [0.29, 0.717) is 28.0 Å². The molecule has 4 aromatic rings. The SMILES string of the molecule is Cc1nc(-c2c(Cl)c3ccccc3n2-c2ccc(C(N)=O)cc2)no1. The third-order valence-electron chi connectivity index (χ3n) is 3.96. The van der Waals surface area contributed by atoms with Crippen LogP contribution in [0.1, 0.15) is 16.2 Å². The maximum Gasteiger partial charge on any atom is 0.248 e. The normalized spacial score (nSPS) is 11.1. The van der Waals surface area contributed by atoms with Gasteiger partial charge >= 0.3 is 0 Å². The topological polar surface area (TPSA) is 86.9 Å². The van der Waals surface area contributed by atoms with Crippen molar-refractivity contribution in [1.82, 2.24) is 14.7 Å². The van der Waals surface area contributed by atoms with E-state index in [9.17, 15) is 4.79 Å². The Hall–Kier alpha value is -3.12. The molecule has 0 atom stereocenters. The first-order valence-corrected chi connectivity index (χ1v) is 7.94. The number of para-hydroxylation sites is 1. The average Bonchev–Trinajstić information content (AvgIpc) is 3.16. The molecule has 6 nitrogen and oxygen atoms in total. The monoisotopic (exact) mass is 352 g/mol. The number of primary amides is 1. The molecule has 1 amide bonds. The van der Waals surface area contributed by atoms with Crippen molar-refractivity contribution in [2.75, 3.05) is 0 Å². The molecule has 0 saturated carbocycles. The standard InChI is InChI=1S/C18H13ClN4O2/c1-10-21-18(22-25-10)16-15(19)13-4-2-3-5-14(13)23(16)12-8-6-11(7-9-12)17(20)24/h2-9H,1H3,(H2,20,24). The summed E-state index contributed by atoms with van der Waals surface area (Å²) in [6.45, 7) is 1.72. The molecule has 0 aliphatic rings. The molecule has 124 valence electrons. The van der Waals surface area contributed by atoms with Crippen molar-refractivity contribution in [2.24, 2.45) is 5.73 Å². The molecule has 25 heavy (non-hydrogen) atoms. The number of fused-ring (bicyclic) bond motifs is 1. The molecule has 0 aliphatic heterocycles. The summed E-state index contributed by atoms with van der Waals surface area (Å²) >= 11 is 6.62. The number of aryl methyl sites for hydroxylation is 1. The number of hydrogen-bond donors (Lipinski definition) is 1. The van der Waals surface area contributed by atoms with E-state index in [4.69, 9.17) is 21.9 Å². The fourth-order valence-corrected chi connectivity index (χ4v) is 3.17. The Morgan fingerprint density at radius 3 is 2.52 bits per heavy atom. The molecule has 0 saturated heterocycles. The highest BCUT2D eigenvalue weighted by Crippen LogP contribution is 2.38. The number of amides is 1. The number of carbonyl (C=O) groups is 1. The third kappa shape index (κ3) is 2.47. The predicted octanol–water partition coefficient (Wildman–Crippen LogP) is 3.74. The van der Waals surface area contributed by atoms with Crippen LogP contribution in [0.5, 0.6) is 0 Å². The lowest BCUT2D eigenvalue weighted by molar-refractivity contribution is 0.100. The Kier molecular flexibility index (Phi) is 3.54. The van der Waals surface area contributed by atoms with Crippen molar-refractivity contribution in [1.29, 1.82) is 0 Å². The van der Waals surface area contributed by atoms with E-state index in [1.807, 2.05) is 28.8 Å². The highest BCUT2D eigenvalue weighted by molar-refractivity contribution is 6.38. The second-order valence-electron chi connectivity index (χ2n) is 5.56. The van der Waals surface area contributed by atoms with Gasteiger partial charge in [0.15, 0.2) is 0 Å². The lowest BCUT2D eigenvalue weighted by atomic mass is 10.2. The van der Waals surface area contributed by atoms with Crippen LogP contribution in [-0.4, -0.2) is 20.6 Å². The molecule has 2 aromatic heterocycles. The van der Waals surface area contributed by atoms with Gasteiger partial charge in [-0.25, -0.2) is 0 Å². The first-order valence-electron chi connectivity index (χ1n) is 7.56. The van der Waals surface area contributed by atoms with Crippen molar-refractivity contribution in [3.05, 3.63) is 65.0 Å². The second-order valence-corrected chi connectivity index (χ2v) is 5.94. The van der Waals surface area contributed by atoms with Gasteiger partial charge in [-0.1, -0.05) is 35.0 Å². The molecule has 0 fully saturated rings. The Labute approximate surface area is 147 Å². The van der Waals surface area contributed by atoms with E-state index in [0.717, 1.165) is 16.6 Å². The van der Waals surface area contributed by atoms with Crippen molar-refractivity contribution in [3.63, 3.8) is 0 Å². The first kappa shape index (κ1) is 15.4. The van der Waals surface area contributed by atoms with Gasteiger partial charge in [0, 0.05) is 23.6 Å². The minimum absolute atomic E-state index is 0.401. The zero-order valence-electron chi connectivity index (χ0n) is 13.2. The largest absolute Gasteiger partial charge is 0.366 e. The van der Waals surface area contributed by atoms with E-state index in [1.54, 1.807) is 31.2 Å². The number of nitrogens with two attached hydrogens (primary N) is 1. The molecule has 0 spiro atoms. The molecule has 0 bridgehead atoms. The highest BCUT2D eigenvalue weighted by atomic mass is 35.5. The Morgan fingerprint density at radius 1 is 1.16 bits per heavy atom. The lowest BCUT2D eigenvalue weighted by Crippen LogP contribution is -2.10. The zero-order chi connectivity index (χ0) is 17.6. The Morgan fingerprint density at radius 2 is 1.88 bits per heavy atom. The van der Waals surface area contributed by atoms with Gasteiger partial charge in [-0.3, -0.25) is 4.79 Å². The second kappa shape index (κ2) is 5.75. The van der Waals surface area contributed by atoms with Gasteiger partial charge in [0.2, 0.25) is 17.6 Å². The van der Waals surface area contributed by atoms with Crippen molar-refractivity contribution >= 4 is 28.4 Å². The molecule has 4 rings (SSSR count). The highest BCUT2D eigenvalue weighted by Gasteiger charge is 2.22. The van der Waals surface area contributed by atoms with Gasteiger partial charge in [0.1, 0.15) is 5.69 Å². The smallest absolute Gasteiger partial charge is 0.248 e. The van der Waals surface area contributed by atoms with Gasteiger partial charge in [-0.2, -0.15) is 4.98 Å². The molecular weight excluding hydrogens is 340 g/mol. The van der Waals surface area contributed by atoms with Crippen molar-refractivity contribution in [2.45, 2.75) is 6.92 Å². The van der Waals surface area contributed by atoms with E-state index in [2.05, 4.69) is 10.1 Å². The van der Waals surface area contributed by atoms with Crippen LogP contribution < -0.4 is 5.73 Å². The summed E-state index contributed by atoms with van der Waals surface area (Å²) in [4.78, 5) is 15.6. The lowest BCUT2D eigenvalue weighted by Gasteiger charge is -2.09. The fraction of sp³-hybridized carbons (Fsp3) is 0.0556. The van der Waals surface area contributed by atoms with Crippen LogP contribution in [0, 0.1) is 6.92 Å². The number of benzene rings is 2. The van der Waals surface area contributed by atoms with Crippen LogP contribution >= 0.6 is 11.6 Å². The first-order chi connectivity index (χ1) is 12.1. The molecule has 0 radical (unpaired) electrons. The Bertz CT molecular complexity index is 1100. The maximum absolute atomic E-state index is 11.3. The molecule has 7 heteroatoms. The summed E-state index contributed by atoms with van der Waals surface area (Å²) in [5.41, 5.74) is 8.10. The average molecular weight is 353 g/mol. The summed E-state index contributed by atoms with van der Waals surface area (Å²) < 4.78 is 7.05. The van der Waals surface area contributed by atoms with Gasteiger partial charge in [0.25, 0.3) is 0 Å². The summed E-state index contributed by atoms with van der Waals surface area (Å²) in [6.07, 6.45) is 0. The van der Waals surface area contributed by atoms with E-state index >= 15 is 0 Å². The van der Waals surface area contributed by atoms with E-state index in [1.165, 1.54) is 0 Å². The third-order valence-corrected chi connectivity index (χ3v) is 4.34. The maximum atomic E-state index is 11.3. The molecule has 0 aliphatic carbocycles. The van der Waals surface area contributed by atoms with Crippen LogP contribution in [0.2, 0.25) is 5.02 Å². The molecule has 2 N–H and O–H groups in total. The summed E-state index contributed by atoms with van der Waals surface area (Å²) in [5.74, 6) is 0.376. The van der Waals surface area contributed by atoms with E-state index < -0.39 is 5.91 Å². The minimum Gasteiger partial charge on any atom is -0.366 e. The Balaban J connectivity index is 2.03. The van der Waals surface area contributed by atoms with Crippen LogP contribution in [0.3, 0.4) is 0 Å². The molecule has 0 unspecified atom stereocenters. The minimum atomic E-state index is -0.476. The number of aromatic nitrogens is 3. The number of rotatable bonds is 3. The molecule has 2 aromatic carbocycles. The van der Waals surface area contributed by atoms with Gasteiger partial charge in [-0.15, -0.1) is 0 Å². The predicted molar refractivity (Wildman–Crippen MR) is 94.8 cm³/mol. The van der Waals surface area contributed by atoms with Crippen LogP contribution in [0.4, 0.5) is 0 Å². The zero-order valence-corrected chi connectivity index (χ0v) is 14.0. The van der Waals surface area contributed by atoms with Gasteiger partial charge in [0.05, 0.1) is 10.5 Å². The van der Waals surface area contributed by atoms with Crippen molar-refractivity contribution < 1.29 is 9.32 Å². The van der Waals surface area contributed by atoms with Crippen LogP contribution in [0.15, 0.2) is 53.1 Å². The number of carbonyl (C=O) groups excluding carboxylic acids is 1. The van der Waals surface area contributed by atoms with Crippen molar-refractivity contribution in [3.8, 4) is 17.2 Å². The van der Waals surface area contributed by atoms with E-state index in [-0.39, 0.29) is 0 Å². The number of nitrogens with zero attached hydrogens (tertiary/aromatic N) is 3. The van der Waals surface area contributed by atoms with Crippen LogP contribution in [0.25, 0.3) is 28.1 Å². The summed E-state index contributed by atoms with van der Waals surface area (Å²) in [6, 6.07) is 14.7. The molecule has 2 heterocycles. The summed E-state index contributed by atoms with van der Waals surface area (Å²) in [5, 5.41) is 5.42. The quantitative estimate of drug-likeness (QED) is 0.608. The van der Waals surface area contributed by atoms with Crippen LogP contribution in [-0.2, 0) is 0 Å². The summed E-state index contributed by atoms with van der Waals surface area (Å²) in [7, 11) is 0. The number of halogens is 1.